The normalized spacial score (nSPS) is 22.3. The lowest BCUT2D eigenvalue weighted by molar-refractivity contribution is -0.137. The number of nitrogens with zero attached hydrogens (tertiary/aromatic N) is 6. The molecule has 1 aromatic heterocycles. The summed E-state index contributed by atoms with van der Waals surface area (Å²) in [7, 11) is 1.84. The minimum absolute atomic E-state index is 0.135. The van der Waals surface area contributed by atoms with Gasteiger partial charge in [-0.2, -0.15) is 18.3 Å². The Bertz CT molecular complexity index is 1180. The molecule has 2 heterocycles. The number of hydrogen-bond acceptors (Lipinski definition) is 7. The molecule has 0 spiro atoms. The van der Waals surface area contributed by atoms with Gasteiger partial charge in [0.25, 0.3) is 5.91 Å². The van der Waals surface area contributed by atoms with Crippen molar-refractivity contribution >= 4 is 23.2 Å². The van der Waals surface area contributed by atoms with Crippen molar-refractivity contribution in [2.24, 2.45) is 5.10 Å². The van der Waals surface area contributed by atoms with Gasteiger partial charge in [0, 0.05) is 31.3 Å². The number of carbonyl (C=O) groups is 1. The van der Waals surface area contributed by atoms with Gasteiger partial charge >= 0.3 is 6.18 Å². The zero-order valence-corrected chi connectivity index (χ0v) is 23.3. The van der Waals surface area contributed by atoms with Crippen molar-refractivity contribution in [1.82, 2.24) is 25.0 Å². The van der Waals surface area contributed by atoms with Gasteiger partial charge < -0.3 is 5.11 Å². The molecule has 2 aromatic rings. The molecule has 0 fully saturated rings. The van der Waals surface area contributed by atoms with Crippen LogP contribution in [-0.2, 0) is 11.8 Å². The van der Waals surface area contributed by atoms with Gasteiger partial charge in [0.15, 0.2) is 0 Å². The van der Waals surface area contributed by atoms with Gasteiger partial charge in [-0.1, -0.05) is 11.6 Å². The van der Waals surface area contributed by atoms with Crippen LogP contribution in [0.5, 0.6) is 0 Å². The lowest BCUT2D eigenvalue weighted by atomic mass is 10.1. The molecule has 0 bridgehead atoms. The second-order valence-electron chi connectivity index (χ2n) is 10.3. The number of amides is 1. The number of aliphatic hydroxyl groups is 1. The van der Waals surface area contributed by atoms with Gasteiger partial charge in [0.1, 0.15) is 5.60 Å². The third kappa shape index (κ3) is 6.62. The Balaban J connectivity index is 2.11. The summed E-state index contributed by atoms with van der Waals surface area (Å²) >= 11 is 5.82. The number of likely N-dealkylation sites (N-methyl/N-ethyl adjacent to an activating group) is 1. The fourth-order valence-corrected chi connectivity index (χ4v) is 4.57. The first-order valence-electron chi connectivity index (χ1n) is 12.3. The lowest BCUT2D eigenvalue weighted by Gasteiger charge is -2.43. The van der Waals surface area contributed by atoms with Crippen LogP contribution in [0.4, 0.5) is 13.2 Å². The summed E-state index contributed by atoms with van der Waals surface area (Å²) in [5.41, 5.74) is -0.690. The zero-order valence-electron chi connectivity index (χ0n) is 22.6. The third-order valence-electron chi connectivity index (χ3n) is 6.60. The largest absolute Gasteiger partial charge is 0.417 e. The van der Waals surface area contributed by atoms with Crippen LogP contribution in [0, 0.1) is 0 Å². The minimum atomic E-state index is -4.71. The maximum atomic E-state index is 14.0. The molecule has 0 aliphatic carbocycles. The fourth-order valence-electron chi connectivity index (χ4n) is 4.34. The average molecular weight is 555 g/mol. The highest BCUT2D eigenvalue weighted by Gasteiger charge is 2.38. The van der Waals surface area contributed by atoms with E-state index in [0.29, 0.717) is 24.4 Å². The van der Waals surface area contributed by atoms with E-state index >= 15 is 0 Å². The molecule has 1 aliphatic rings. The molecule has 0 radical (unpaired) electrons. The highest BCUT2D eigenvalue weighted by molar-refractivity contribution is 6.31. The van der Waals surface area contributed by atoms with Crippen molar-refractivity contribution in [1.29, 1.82) is 0 Å². The van der Waals surface area contributed by atoms with E-state index in [-0.39, 0.29) is 11.6 Å². The maximum absolute atomic E-state index is 14.0. The van der Waals surface area contributed by atoms with Gasteiger partial charge in [0.05, 0.1) is 52.5 Å². The maximum Gasteiger partial charge on any atom is 0.417 e. The minimum Gasteiger partial charge on any atom is -0.384 e. The molecule has 3 rings (SSSR count). The molecule has 1 amide bonds. The quantitative estimate of drug-likeness (QED) is 0.553. The molecule has 12 heteroatoms. The summed E-state index contributed by atoms with van der Waals surface area (Å²) in [6.45, 7) is 11.0. The van der Waals surface area contributed by atoms with E-state index in [2.05, 4.69) is 15.1 Å². The number of benzene rings is 1. The molecular formula is C26H34ClF3N6O2. The molecule has 38 heavy (non-hydrogen) atoms. The topological polar surface area (TPSA) is 85.2 Å². The van der Waals surface area contributed by atoms with Crippen LogP contribution >= 0.6 is 11.6 Å². The number of hydrazine groups is 1. The molecule has 3 atom stereocenters. The van der Waals surface area contributed by atoms with Crippen molar-refractivity contribution in [2.45, 2.75) is 77.9 Å². The second-order valence-corrected chi connectivity index (χ2v) is 10.7. The van der Waals surface area contributed by atoms with Crippen LogP contribution in [0.3, 0.4) is 0 Å². The van der Waals surface area contributed by atoms with Crippen LogP contribution in [0.15, 0.2) is 35.7 Å². The number of halogens is 4. The summed E-state index contributed by atoms with van der Waals surface area (Å²) in [6.07, 6.45) is -1.29. The molecule has 0 saturated carbocycles. The van der Waals surface area contributed by atoms with Crippen LogP contribution in [0.2, 0.25) is 5.02 Å². The van der Waals surface area contributed by atoms with E-state index in [1.165, 1.54) is 23.5 Å². The molecule has 1 N–H and O–H groups in total. The van der Waals surface area contributed by atoms with Crippen LogP contribution < -0.4 is 0 Å². The monoisotopic (exact) mass is 554 g/mol. The molecule has 1 aliphatic heterocycles. The van der Waals surface area contributed by atoms with E-state index < -0.39 is 40.4 Å². The average Bonchev–Trinajstić information content (AvgIpc) is 2.85. The zero-order chi connectivity index (χ0) is 28.6. The van der Waals surface area contributed by atoms with E-state index in [4.69, 9.17) is 11.6 Å². The van der Waals surface area contributed by atoms with Gasteiger partial charge in [-0.3, -0.25) is 24.8 Å². The number of carbonyl (C=O) groups excluding carboxylic acids is 1. The third-order valence-corrected chi connectivity index (χ3v) is 6.93. The van der Waals surface area contributed by atoms with Crippen LogP contribution in [-0.4, -0.2) is 67.4 Å². The standard InChI is InChI=1S/C26H34ClF3N6O2/c1-15-10-16(2)36(24(37)19-8-9-21(27)20(11-19)26(28,29)30)35(14-17(3)34(7)33-15)18(4)22-12-32-23(13-31-22)25(5,6)38/h8-9,11-13,16-18,38H,10,14H2,1-7H3/b33-15+/t16-,17-,18?/m1/s1. The number of hydrazone groups is 1. The molecule has 1 unspecified atom stereocenters. The number of alkyl halides is 3. The van der Waals surface area contributed by atoms with Crippen molar-refractivity contribution in [3.63, 3.8) is 0 Å². The van der Waals surface area contributed by atoms with Gasteiger partial charge in [-0.05, 0) is 59.7 Å². The van der Waals surface area contributed by atoms with Gasteiger partial charge in [-0.25, -0.2) is 5.01 Å². The fraction of sp³-hybridized carbons (Fsp3) is 0.538. The predicted octanol–water partition coefficient (Wildman–Crippen LogP) is 5.29. The SMILES string of the molecule is C/C1=N\N(C)[C@H](C)CN(C(C)c2cnc(C(C)(C)O)cn2)N(C(=O)c2ccc(Cl)c(C(F)(F)F)c2)[C@H](C)C1. The summed E-state index contributed by atoms with van der Waals surface area (Å²) in [5.74, 6) is -0.600. The Morgan fingerprint density at radius 1 is 1.16 bits per heavy atom. The highest BCUT2D eigenvalue weighted by Crippen LogP contribution is 2.36. The van der Waals surface area contributed by atoms with Gasteiger partial charge in [0.2, 0.25) is 0 Å². The van der Waals surface area contributed by atoms with Crippen molar-refractivity contribution in [3.8, 4) is 0 Å². The number of aromatic nitrogens is 2. The van der Waals surface area contributed by atoms with E-state index in [9.17, 15) is 23.1 Å². The Kier molecular flexibility index (Phi) is 8.74. The van der Waals surface area contributed by atoms with Crippen LogP contribution in [0.25, 0.3) is 0 Å². The Labute approximate surface area is 226 Å². The molecule has 8 nitrogen and oxygen atoms in total. The van der Waals surface area contributed by atoms with E-state index in [0.717, 1.165) is 17.8 Å². The van der Waals surface area contributed by atoms with Crippen molar-refractivity contribution < 1.29 is 23.1 Å². The first-order chi connectivity index (χ1) is 17.5. The molecule has 1 aromatic carbocycles. The van der Waals surface area contributed by atoms with Crippen molar-refractivity contribution in [2.75, 3.05) is 13.6 Å². The van der Waals surface area contributed by atoms with E-state index in [1.807, 2.05) is 39.8 Å². The predicted molar refractivity (Wildman–Crippen MR) is 139 cm³/mol. The first-order valence-corrected chi connectivity index (χ1v) is 12.7. The Morgan fingerprint density at radius 2 is 1.82 bits per heavy atom. The number of hydrogen-bond donors (Lipinski definition) is 1. The Morgan fingerprint density at radius 3 is 2.37 bits per heavy atom. The Hall–Kier alpha value is -2.76. The molecule has 0 saturated heterocycles. The molecule has 208 valence electrons. The van der Waals surface area contributed by atoms with Crippen molar-refractivity contribution in [3.05, 3.63) is 58.1 Å². The van der Waals surface area contributed by atoms with Crippen LogP contribution in [0.1, 0.15) is 81.3 Å². The highest BCUT2D eigenvalue weighted by atomic mass is 35.5. The number of rotatable bonds is 4. The first kappa shape index (κ1) is 29.8. The summed E-state index contributed by atoms with van der Waals surface area (Å²) < 4.78 is 40.8. The summed E-state index contributed by atoms with van der Waals surface area (Å²) in [6, 6.07) is 2.09. The smallest absolute Gasteiger partial charge is 0.384 e. The molecular weight excluding hydrogens is 521 g/mol. The van der Waals surface area contributed by atoms with E-state index in [1.54, 1.807) is 18.9 Å². The van der Waals surface area contributed by atoms with Gasteiger partial charge in [-0.15, -0.1) is 0 Å². The summed E-state index contributed by atoms with van der Waals surface area (Å²) in [5, 5.41) is 19.5. The summed E-state index contributed by atoms with van der Waals surface area (Å²) in [4.78, 5) is 22.8. The second kappa shape index (κ2) is 11.2. The lowest BCUT2D eigenvalue weighted by Crippen LogP contribution is -2.55.